The SMILES string of the molecule is Cc1cc2c(c(=O)o1)[C@H](c1ccc([N+](=O)[O-])s1)C(C#N)=C(N)O2. The molecule has 0 spiro atoms. The van der Waals surface area contributed by atoms with Crippen LogP contribution < -0.4 is 16.1 Å². The van der Waals surface area contributed by atoms with Crippen molar-refractivity contribution in [3.63, 3.8) is 0 Å². The summed E-state index contributed by atoms with van der Waals surface area (Å²) >= 11 is 0.869. The molecular formula is C14H9N3O5S. The fraction of sp³-hybridized carbons (Fsp3) is 0.143. The average molecular weight is 331 g/mol. The molecule has 0 amide bonds. The van der Waals surface area contributed by atoms with Crippen molar-refractivity contribution in [1.29, 1.82) is 5.26 Å². The molecule has 1 atom stereocenters. The van der Waals surface area contributed by atoms with Crippen molar-refractivity contribution in [3.8, 4) is 11.8 Å². The molecule has 116 valence electrons. The second kappa shape index (κ2) is 5.26. The number of thiophene rings is 1. The van der Waals surface area contributed by atoms with Gasteiger partial charge in [0, 0.05) is 17.0 Å². The van der Waals surface area contributed by atoms with Crippen LogP contribution in [0.5, 0.6) is 5.75 Å². The highest BCUT2D eigenvalue weighted by Gasteiger charge is 2.35. The zero-order valence-electron chi connectivity index (χ0n) is 11.7. The van der Waals surface area contributed by atoms with E-state index in [1.807, 2.05) is 6.07 Å². The van der Waals surface area contributed by atoms with Crippen molar-refractivity contribution >= 4 is 16.3 Å². The summed E-state index contributed by atoms with van der Waals surface area (Å²) < 4.78 is 10.4. The quantitative estimate of drug-likeness (QED) is 0.658. The molecule has 0 radical (unpaired) electrons. The standard InChI is InChI=1S/C14H9N3O5S/c1-6-4-8-12(14(18)21-6)11(7(5-15)13(16)22-8)9-2-3-10(23-9)17(19)20/h2-4,11H,16H2,1H3/t11-/m0/s1. The summed E-state index contributed by atoms with van der Waals surface area (Å²) in [6.07, 6.45) is 0. The molecule has 0 saturated carbocycles. The number of ether oxygens (including phenoxy) is 1. The topological polar surface area (TPSA) is 132 Å². The van der Waals surface area contributed by atoms with Gasteiger partial charge in [-0.15, -0.1) is 0 Å². The number of nitrogens with zero attached hydrogens (tertiary/aromatic N) is 2. The molecule has 0 saturated heterocycles. The van der Waals surface area contributed by atoms with Crippen LogP contribution >= 0.6 is 11.3 Å². The van der Waals surface area contributed by atoms with E-state index in [1.54, 1.807) is 6.92 Å². The Morgan fingerprint density at radius 3 is 2.83 bits per heavy atom. The highest BCUT2D eigenvalue weighted by molar-refractivity contribution is 7.15. The van der Waals surface area contributed by atoms with Crippen LogP contribution in [-0.2, 0) is 0 Å². The number of nitrogens with two attached hydrogens (primary N) is 1. The molecule has 2 N–H and O–H groups in total. The number of hydrogen-bond acceptors (Lipinski definition) is 8. The number of nitriles is 1. The molecule has 0 unspecified atom stereocenters. The van der Waals surface area contributed by atoms with E-state index in [-0.39, 0.29) is 27.8 Å². The highest BCUT2D eigenvalue weighted by Crippen LogP contribution is 2.43. The van der Waals surface area contributed by atoms with Crippen molar-refractivity contribution in [3.05, 3.63) is 66.4 Å². The van der Waals surface area contributed by atoms with Crippen LogP contribution in [0.25, 0.3) is 0 Å². The van der Waals surface area contributed by atoms with Gasteiger partial charge in [-0.05, 0) is 13.0 Å². The minimum atomic E-state index is -0.848. The first-order chi connectivity index (χ1) is 10.9. The van der Waals surface area contributed by atoms with E-state index >= 15 is 0 Å². The first-order valence-electron chi connectivity index (χ1n) is 6.38. The minimum absolute atomic E-state index is 0.0189. The van der Waals surface area contributed by atoms with Crippen molar-refractivity contribution in [2.45, 2.75) is 12.8 Å². The number of allylic oxidation sites excluding steroid dienone is 1. The Morgan fingerprint density at radius 2 is 2.22 bits per heavy atom. The first kappa shape index (κ1) is 14.8. The smallest absolute Gasteiger partial charge is 0.343 e. The maximum absolute atomic E-state index is 12.2. The molecule has 2 aromatic heterocycles. The Morgan fingerprint density at radius 1 is 1.48 bits per heavy atom. The van der Waals surface area contributed by atoms with Gasteiger partial charge in [-0.2, -0.15) is 5.26 Å². The molecule has 8 nitrogen and oxygen atoms in total. The zero-order valence-corrected chi connectivity index (χ0v) is 12.5. The van der Waals surface area contributed by atoms with Crippen LogP contribution in [0.15, 0.2) is 38.9 Å². The van der Waals surface area contributed by atoms with Gasteiger partial charge in [0.05, 0.1) is 16.4 Å². The predicted molar refractivity (Wildman–Crippen MR) is 80.0 cm³/mol. The summed E-state index contributed by atoms with van der Waals surface area (Å²) in [6, 6.07) is 6.21. The monoisotopic (exact) mass is 331 g/mol. The van der Waals surface area contributed by atoms with Crippen molar-refractivity contribution in [1.82, 2.24) is 0 Å². The van der Waals surface area contributed by atoms with E-state index in [4.69, 9.17) is 14.9 Å². The largest absolute Gasteiger partial charge is 0.440 e. The lowest BCUT2D eigenvalue weighted by atomic mass is 9.89. The molecule has 0 bridgehead atoms. The number of hydrogen-bond donors (Lipinski definition) is 1. The Balaban J connectivity index is 2.27. The lowest BCUT2D eigenvalue weighted by Crippen LogP contribution is -2.25. The van der Waals surface area contributed by atoms with Crippen LogP contribution in [-0.4, -0.2) is 4.92 Å². The molecule has 0 aromatic carbocycles. The van der Waals surface area contributed by atoms with Crippen LogP contribution in [0.2, 0.25) is 0 Å². The van der Waals surface area contributed by atoms with Gasteiger partial charge in [0.1, 0.15) is 23.2 Å². The van der Waals surface area contributed by atoms with E-state index in [1.165, 1.54) is 18.2 Å². The molecule has 0 aliphatic carbocycles. The molecule has 3 heterocycles. The molecule has 3 rings (SSSR count). The average Bonchev–Trinajstić information content (AvgIpc) is 2.95. The van der Waals surface area contributed by atoms with Gasteiger partial charge in [0.15, 0.2) is 0 Å². The van der Waals surface area contributed by atoms with Gasteiger partial charge in [-0.3, -0.25) is 10.1 Å². The van der Waals surface area contributed by atoms with Gasteiger partial charge >= 0.3 is 10.6 Å². The zero-order chi connectivity index (χ0) is 16.7. The third-order valence-electron chi connectivity index (χ3n) is 3.33. The lowest BCUT2D eigenvalue weighted by molar-refractivity contribution is -0.380. The van der Waals surface area contributed by atoms with E-state index < -0.39 is 16.5 Å². The van der Waals surface area contributed by atoms with E-state index in [0.29, 0.717) is 10.6 Å². The van der Waals surface area contributed by atoms with Crippen molar-refractivity contribution in [2.24, 2.45) is 5.73 Å². The first-order valence-corrected chi connectivity index (χ1v) is 7.20. The minimum Gasteiger partial charge on any atom is -0.440 e. The molecular weight excluding hydrogens is 322 g/mol. The van der Waals surface area contributed by atoms with E-state index in [2.05, 4.69) is 0 Å². The fourth-order valence-corrected chi connectivity index (χ4v) is 3.34. The van der Waals surface area contributed by atoms with Crippen LogP contribution in [0.1, 0.15) is 22.1 Å². The Bertz CT molecular complexity index is 950. The van der Waals surface area contributed by atoms with Gasteiger partial charge in [-0.1, -0.05) is 11.3 Å². The highest BCUT2D eigenvalue weighted by atomic mass is 32.1. The number of rotatable bonds is 2. The third-order valence-corrected chi connectivity index (χ3v) is 4.44. The summed E-state index contributed by atoms with van der Waals surface area (Å²) in [4.78, 5) is 23.0. The van der Waals surface area contributed by atoms with Gasteiger partial charge in [-0.25, -0.2) is 4.79 Å². The Labute approximate surface area is 133 Å². The summed E-state index contributed by atoms with van der Waals surface area (Å²) in [5, 5.41) is 20.1. The van der Waals surface area contributed by atoms with Crippen LogP contribution in [0, 0.1) is 28.4 Å². The number of nitro groups is 1. The summed E-state index contributed by atoms with van der Waals surface area (Å²) in [6.45, 7) is 1.58. The fourth-order valence-electron chi connectivity index (χ4n) is 2.40. The second-order valence-corrected chi connectivity index (χ2v) is 5.87. The molecule has 23 heavy (non-hydrogen) atoms. The van der Waals surface area contributed by atoms with E-state index in [0.717, 1.165) is 11.3 Å². The molecule has 2 aromatic rings. The maximum atomic E-state index is 12.2. The summed E-state index contributed by atoms with van der Waals surface area (Å²) in [5.74, 6) is -0.459. The summed E-state index contributed by atoms with van der Waals surface area (Å²) in [5.41, 5.74) is 5.23. The van der Waals surface area contributed by atoms with E-state index in [9.17, 15) is 20.2 Å². The van der Waals surface area contributed by atoms with Gasteiger partial charge < -0.3 is 14.9 Å². The van der Waals surface area contributed by atoms with Crippen LogP contribution in [0.4, 0.5) is 5.00 Å². The maximum Gasteiger partial charge on any atom is 0.343 e. The van der Waals surface area contributed by atoms with Gasteiger partial charge in [0.25, 0.3) is 0 Å². The van der Waals surface area contributed by atoms with Crippen LogP contribution in [0.3, 0.4) is 0 Å². The summed E-state index contributed by atoms with van der Waals surface area (Å²) in [7, 11) is 0. The van der Waals surface area contributed by atoms with Gasteiger partial charge in [0.2, 0.25) is 5.88 Å². The lowest BCUT2D eigenvalue weighted by Gasteiger charge is -2.23. The Kier molecular flexibility index (Phi) is 3.38. The normalized spacial score (nSPS) is 16.4. The number of aryl methyl sites for hydroxylation is 1. The predicted octanol–water partition coefficient (Wildman–Crippen LogP) is 2.14. The number of fused-ring (bicyclic) bond motifs is 1. The molecule has 0 fully saturated rings. The third kappa shape index (κ3) is 2.35. The van der Waals surface area contributed by atoms with Crippen molar-refractivity contribution < 1.29 is 14.1 Å². The Hall–Kier alpha value is -3.12. The van der Waals surface area contributed by atoms with Crippen molar-refractivity contribution in [2.75, 3.05) is 0 Å². The molecule has 9 heteroatoms. The second-order valence-electron chi connectivity index (χ2n) is 4.78. The molecule has 1 aliphatic heterocycles. The molecule has 1 aliphatic rings.